The van der Waals surface area contributed by atoms with Gasteiger partial charge in [0.2, 0.25) is 5.82 Å². The predicted molar refractivity (Wildman–Crippen MR) is 71.6 cm³/mol. The van der Waals surface area contributed by atoms with Crippen LogP contribution in [-0.2, 0) is 0 Å². The average molecular weight is 252 g/mol. The number of nitrogens with two attached hydrogens (primary N) is 1. The average Bonchev–Trinajstić information content (AvgIpc) is 2.34. The van der Waals surface area contributed by atoms with Crippen molar-refractivity contribution in [2.45, 2.75) is 39.2 Å². The molecule has 1 unspecified atom stereocenters. The van der Waals surface area contributed by atoms with Gasteiger partial charge < -0.3 is 11.1 Å². The van der Waals surface area contributed by atoms with E-state index in [2.05, 4.69) is 17.2 Å². The van der Waals surface area contributed by atoms with E-state index in [0.717, 1.165) is 25.0 Å². The van der Waals surface area contributed by atoms with Gasteiger partial charge in [-0.2, -0.15) is 0 Å². The van der Waals surface area contributed by atoms with Crippen LogP contribution < -0.4 is 11.1 Å². The van der Waals surface area contributed by atoms with E-state index in [4.69, 9.17) is 5.73 Å². The number of nitrogens with one attached hydrogen (secondary N) is 1. The Kier molecular flexibility index (Phi) is 5.51. The van der Waals surface area contributed by atoms with Crippen molar-refractivity contribution in [1.29, 1.82) is 0 Å². The minimum absolute atomic E-state index is 0.00412. The first-order valence-electron chi connectivity index (χ1n) is 6.17. The third-order valence-electron chi connectivity index (χ3n) is 2.74. The van der Waals surface area contributed by atoms with Crippen LogP contribution in [0.25, 0.3) is 0 Å². The number of aryl methyl sites for hydroxylation is 1. The third-order valence-corrected chi connectivity index (χ3v) is 2.74. The zero-order chi connectivity index (χ0) is 13.5. The zero-order valence-corrected chi connectivity index (χ0v) is 10.8. The molecule has 0 aromatic carbocycles. The van der Waals surface area contributed by atoms with Crippen LogP contribution in [0.15, 0.2) is 12.1 Å². The van der Waals surface area contributed by atoms with Gasteiger partial charge in [-0.25, -0.2) is 4.98 Å². The summed E-state index contributed by atoms with van der Waals surface area (Å²) in [7, 11) is 0. The molecule has 0 amide bonds. The monoisotopic (exact) mass is 252 g/mol. The van der Waals surface area contributed by atoms with E-state index < -0.39 is 4.92 Å². The summed E-state index contributed by atoms with van der Waals surface area (Å²) < 4.78 is 0. The lowest BCUT2D eigenvalue weighted by Gasteiger charge is -2.17. The highest BCUT2D eigenvalue weighted by molar-refractivity contribution is 5.56. The first-order chi connectivity index (χ1) is 8.58. The van der Waals surface area contributed by atoms with Crippen LogP contribution in [0, 0.1) is 17.0 Å². The van der Waals surface area contributed by atoms with Crippen LogP contribution in [0.5, 0.6) is 0 Å². The maximum absolute atomic E-state index is 10.9. The number of anilines is 1. The number of hydrogen-bond donors (Lipinski definition) is 2. The summed E-state index contributed by atoms with van der Waals surface area (Å²) in [4.78, 5) is 14.7. The van der Waals surface area contributed by atoms with E-state index in [-0.39, 0.29) is 11.7 Å². The van der Waals surface area contributed by atoms with Crippen molar-refractivity contribution in [3.05, 3.63) is 27.9 Å². The molecule has 1 heterocycles. The standard InChI is InChI=1S/C12H20N4O2/c1-3-4-5-10(8-13)15-12-11(16(17)18)7-6-9(2)14-12/h6-7,10H,3-5,8,13H2,1-2H3,(H,14,15). The molecule has 1 atom stereocenters. The molecule has 6 heteroatoms. The summed E-state index contributed by atoms with van der Waals surface area (Å²) in [5, 5.41) is 14.0. The second-order valence-electron chi connectivity index (χ2n) is 4.30. The fraction of sp³-hybridized carbons (Fsp3) is 0.583. The summed E-state index contributed by atoms with van der Waals surface area (Å²) in [5.41, 5.74) is 6.41. The maximum atomic E-state index is 10.9. The normalized spacial score (nSPS) is 12.2. The van der Waals surface area contributed by atoms with E-state index in [1.165, 1.54) is 6.07 Å². The Morgan fingerprint density at radius 2 is 2.28 bits per heavy atom. The molecule has 0 aliphatic carbocycles. The highest BCUT2D eigenvalue weighted by atomic mass is 16.6. The van der Waals surface area contributed by atoms with Crippen LogP contribution in [0.1, 0.15) is 31.9 Å². The number of unbranched alkanes of at least 4 members (excludes halogenated alkanes) is 1. The number of aromatic nitrogens is 1. The third kappa shape index (κ3) is 3.96. The molecule has 6 nitrogen and oxygen atoms in total. The van der Waals surface area contributed by atoms with E-state index in [1.807, 2.05) is 0 Å². The number of nitro groups is 1. The highest BCUT2D eigenvalue weighted by Gasteiger charge is 2.17. The van der Waals surface area contributed by atoms with Crippen molar-refractivity contribution in [3.8, 4) is 0 Å². The Morgan fingerprint density at radius 1 is 1.56 bits per heavy atom. The molecule has 0 saturated carbocycles. The quantitative estimate of drug-likeness (QED) is 0.573. The largest absolute Gasteiger partial charge is 0.360 e. The molecule has 100 valence electrons. The lowest BCUT2D eigenvalue weighted by Crippen LogP contribution is -2.29. The second-order valence-corrected chi connectivity index (χ2v) is 4.30. The lowest BCUT2D eigenvalue weighted by atomic mass is 10.1. The van der Waals surface area contributed by atoms with Gasteiger partial charge in [0.1, 0.15) is 0 Å². The highest BCUT2D eigenvalue weighted by Crippen LogP contribution is 2.23. The molecule has 0 aliphatic heterocycles. The van der Waals surface area contributed by atoms with Gasteiger partial charge in [-0.1, -0.05) is 19.8 Å². The summed E-state index contributed by atoms with van der Waals surface area (Å²) in [6, 6.07) is 3.13. The Labute approximate surface area is 107 Å². The Morgan fingerprint density at radius 3 is 2.83 bits per heavy atom. The molecule has 3 N–H and O–H groups in total. The molecule has 0 bridgehead atoms. The number of hydrogen-bond acceptors (Lipinski definition) is 5. The molecule has 18 heavy (non-hydrogen) atoms. The molecule has 0 saturated heterocycles. The topological polar surface area (TPSA) is 94.1 Å². The molecular weight excluding hydrogens is 232 g/mol. The molecule has 1 aromatic heterocycles. The second kappa shape index (κ2) is 6.90. The SMILES string of the molecule is CCCCC(CN)Nc1nc(C)ccc1[N+](=O)[O-]. The van der Waals surface area contributed by atoms with Crippen LogP contribution in [0.3, 0.4) is 0 Å². The Bertz CT molecular complexity index is 409. The van der Waals surface area contributed by atoms with E-state index in [9.17, 15) is 10.1 Å². The summed E-state index contributed by atoms with van der Waals surface area (Å²) >= 11 is 0. The van der Waals surface area contributed by atoms with Gasteiger partial charge in [0.05, 0.1) is 4.92 Å². The van der Waals surface area contributed by atoms with Crippen molar-refractivity contribution >= 4 is 11.5 Å². The molecule has 0 fully saturated rings. The van der Waals surface area contributed by atoms with Gasteiger partial charge >= 0.3 is 5.69 Å². The van der Waals surface area contributed by atoms with Gasteiger partial charge in [0.15, 0.2) is 0 Å². The molecule has 0 spiro atoms. The van der Waals surface area contributed by atoms with Crippen molar-refractivity contribution in [1.82, 2.24) is 4.98 Å². The van der Waals surface area contributed by atoms with Crippen molar-refractivity contribution in [2.75, 3.05) is 11.9 Å². The summed E-state index contributed by atoms with van der Waals surface area (Å²) in [6.45, 7) is 4.34. The van der Waals surface area contributed by atoms with Crippen LogP contribution in [-0.4, -0.2) is 22.5 Å². The molecular formula is C12H20N4O2. The van der Waals surface area contributed by atoms with Gasteiger partial charge in [0, 0.05) is 24.3 Å². The zero-order valence-electron chi connectivity index (χ0n) is 10.8. The fourth-order valence-electron chi connectivity index (χ4n) is 1.70. The summed E-state index contributed by atoms with van der Waals surface area (Å²) in [5.74, 6) is 0.312. The molecule has 1 rings (SSSR count). The molecule has 0 aliphatic rings. The smallest absolute Gasteiger partial charge is 0.311 e. The maximum Gasteiger partial charge on any atom is 0.311 e. The Balaban J connectivity index is 2.86. The number of rotatable bonds is 7. The van der Waals surface area contributed by atoms with Gasteiger partial charge in [-0.15, -0.1) is 0 Å². The van der Waals surface area contributed by atoms with Gasteiger partial charge in [0.25, 0.3) is 0 Å². The minimum Gasteiger partial charge on any atom is -0.360 e. The Hall–Kier alpha value is -1.69. The molecule has 0 radical (unpaired) electrons. The van der Waals surface area contributed by atoms with Crippen molar-refractivity contribution in [3.63, 3.8) is 0 Å². The van der Waals surface area contributed by atoms with E-state index in [1.54, 1.807) is 13.0 Å². The fourth-order valence-corrected chi connectivity index (χ4v) is 1.70. The van der Waals surface area contributed by atoms with Crippen LogP contribution >= 0.6 is 0 Å². The van der Waals surface area contributed by atoms with E-state index in [0.29, 0.717) is 12.4 Å². The summed E-state index contributed by atoms with van der Waals surface area (Å²) in [6.07, 6.45) is 3.00. The van der Waals surface area contributed by atoms with Gasteiger partial charge in [-0.3, -0.25) is 10.1 Å². The number of nitrogens with zero attached hydrogens (tertiary/aromatic N) is 2. The van der Waals surface area contributed by atoms with Crippen LogP contribution in [0.4, 0.5) is 11.5 Å². The molecule has 1 aromatic rings. The number of pyridine rings is 1. The van der Waals surface area contributed by atoms with E-state index >= 15 is 0 Å². The van der Waals surface area contributed by atoms with Crippen molar-refractivity contribution in [2.24, 2.45) is 5.73 Å². The predicted octanol–water partition coefficient (Wildman–Crippen LogP) is 2.23. The first-order valence-corrected chi connectivity index (χ1v) is 6.17. The first kappa shape index (κ1) is 14.4. The lowest BCUT2D eigenvalue weighted by molar-refractivity contribution is -0.384. The van der Waals surface area contributed by atoms with Crippen LogP contribution in [0.2, 0.25) is 0 Å². The van der Waals surface area contributed by atoms with Crippen molar-refractivity contribution < 1.29 is 4.92 Å². The van der Waals surface area contributed by atoms with Gasteiger partial charge in [-0.05, 0) is 19.4 Å². The minimum atomic E-state index is -0.428.